The number of nitrogens with one attached hydrogen (secondary N) is 1. The van der Waals surface area contributed by atoms with E-state index in [-0.39, 0.29) is 0 Å². The maximum absolute atomic E-state index is 9.23. The molecule has 1 aliphatic heterocycles. The first kappa shape index (κ1) is 16.3. The standard InChI is InChI=1S/C20H20N6/c1-25-9-11-26(12-10-25)20-18(16-5-7-22-8-6-16)19(23-24-20)17-4-2-3-15(13-17)14-21/h2-8,13H,9-12H2,1H3,(H,23,24). The maximum Gasteiger partial charge on any atom is 0.159 e. The topological polar surface area (TPSA) is 71.8 Å². The van der Waals surface area contributed by atoms with E-state index in [1.54, 1.807) is 12.4 Å². The first-order valence-corrected chi connectivity index (χ1v) is 8.69. The molecule has 0 atom stereocenters. The number of benzene rings is 1. The summed E-state index contributed by atoms with van der Waals surface area (Å²) in [4.78, 5) is 8.79. The molecule has 0 spiro atoms. The molecule has 4 rings (SSSR count). The van der Waals surface area contributed by atoms with Crippen LogP contribution >= 0.6 is 0 Å². The zero-order valence-corrected chi connectivity index (χ0v) is 14.7. The Morgan fingerprint density at radius 1 is 1.04 bits per heavy atom. The SMILES string of the molecule is CN1CCN(c2n[nH]c(-c3cccc(C#N)c3)c2-c2ccncc2)CC1. The molecule has 1 aromatic carbocycles. The lowest BCUT2D eigenvalue weighted by Gasteiger charge is -2.33. The molecule has 0 aliphatic carbocycles. The maximum atomic E-state index is 9.23. The van der Waals surface area contributed by atoms with E-state index in [0.29, 0.717) is 5.56 Å². The zero-order valence-electron chi connectivity index (χ0n) is 14.7. The number of H-pyrrole nitrogens is 1. The third kappa shape index (κ3) is 3.05. The molecule has 3 heterocycles. The van der Waals surface area contributed by atoms with Crippen molar-refractivity contribution in [3.05, 3.63) is 54.4 Å². The summed E-state index contributed by atoms with van der Waals surface area (Å²) >= 11 is 0. The van der Waals surface area contributed by atoms with Crippen LogP contribution in [0.2, 0.25) is 0 Å². The number of nitriles is 1. The van der Waals surface area contributed by atoms with Crippen LogP contribution in [0, 0.1) is 11.3 Å². The highest BCUT2D eigenvalue weighted by Crippen LogP contribution is 2.38. The minimum absolute atomic E-state index is 0.638. The fourth-order valence-electron chi connectivity index (χ4n) is 3.32. The molecule has 0 amide bonds. The summed E-state index contributed by atoms with van der Waals surface area (Å²) < 4.78 is 0. The molecule has 3 aromatic rings. The van der Waals surface area contributed by atoms with Gasteiger partial charge >= 0.3 is 0 Å². The van der Waals surface area contributed by atoms with Gasteiger partial charge in [-0.1, -0.05) is 12.1 Å². The van der Waals surface area contributed by atoms with Crippen LogP contribution in [-0.4, -0.2) is 53.3 Å². The number of aromatic nitrogens is 3. The summed E-state index contributed by atoms with van der Waals surface area (Å²) in [6, 6.07) is 13.8. The van der Waals surface area contributed by atoms with Crippen molar-refractivity contribution in [3.8, 4) is 28.5 Å². The van der Waals surface area contributed by atoms with Crippen molar-refractivity contribution < 1.29 is 0 Å². The molecule has 1 N–H and O–H groups in total. The average Bonchev–Trinajstić information content (AvgIpc) is 3.14. The van der Waals surface area contributed by atoms with Crippen molar-refractivity contribution in [2.75, 3.05) is 38.1 Å². The molecule has 26 heavy (non-hydrogen) atoms. The number of aromatic amines is 1. The Bertz CT molecular complexity index is 932. The summed E-state index contributed by atoms with van der Waals surface area (Å²) in [5, 5.41) is 17.1. The van der Waals surface area contributed by atoms with Crippen LogP contribution in [0.3, 0.4) is 0 Å². The van der Waals surface area contributed by atoms with Gasteiger partial charge in [0.1, 0.15) is 0 Å². The van der Waals surface area contributed by atoms with Crippen LogP contribution in [0.1, 0.15) is 5.56 Å². The van der Waals surface area contributed by atoms with Crippen molar-refractivity contribution in [2.45, 2.75) is 0 Å². The van der Waals surface area contributed by atoms with Gasteiger partial charge in [0.05, 0.1) is 22.9 Å². The van der Waals surface area contributed by atoms with Crippen molar-refractivity contribution in [1.82, 2.24) is 20.1 Å². The third-order valence-electron chi connectivity index (χ3n) is 4.80. The van der Waals surface area contributed by atoms with Crippen molar-refractivity contribution in [2.24, 2.45) is 0 Å². The average molecular weight is 344 g/mol. The Kier molecular flexibility index (Phi) is 4.38. The normalized spacial score (nSPS) is 15.0. The Morgan fingerprint density at radius 2 is 1.81 bits per heavy atom. The molecule has 0 bridgehead atoms. The van der Waals surface area contributed by atoms with Crippen LogP contribution in [0.4, 0.5) is 5.82 Å². The van der Waals surface area contributed by atoms with Gasteiger partial charge in [-0.25, -0.2) is 0 Å². The second-order valence-corrected chi connectivity index (χ2v) is 6.52. The minimum Gasteiger partial charge on any atom is -0.352 e. The van der Waals surface area contributed by atoms with Gasteiger partial charge in [-0.2, -0.15) is 10.4 Å². The summed E-state index contributed by atoms with van der Waals surface area (Å²) in [6.45, 7) is 3.91. The van der Waals surface area contributed by atoms with E-state index in [1.165, 1.54) is 0 Å². The molecule has 0 saturated carbocycles. The molecule has 130 valence electrons. The lowest BCUT2D eigenvalue weighted by Crippen LogP contribution is -2.44. The monoisotopic (exact) mass is 344 g/mol. The number of likely N-dealkylation sites (N-methyl/N-ethyl adjacent to an activating group) is 1. The number of hydrogen-bond donors (Lipinski definition) is 1. The van der Waals surface area contributed by atoms with E-state index in [4.69, 9.17) is 0 Å². The van der Waals surface area contributed by atoms with E-state index in [1.807, 2.05) is 36.4 Å². The molecule has 0 unspecified atom stereocenters. The second-order valence-electron chi connectivity index (χ2n) is 6.52. The molecule has 1 aliphatic rings. The number of piperazine rings is 1. The molecule has 1 fully saturated rings. The molecular formula is C20H20N6. The minimum atomic E-state index is 0.638. The van der Waals surface area contributed by atoms with Crippen LogP contribution in [-0.2, 0) is 0 Å². The van der Waals surface area contributed by atoms with Crippen LogP contribution in [0.15, 0.2) is 48.8 Å². The van der Waals surface area contributed by atoms with Crippen LogP contribution in [0.5, 0.6) is 0 Å². The highest BCUT2D eigenvalue weighted by molar-refractivity contribution is 5.89. The predicted octanol–water partition coefficient (Wildman–Crippen LogP) is 2.76. The van der Waals surface area contributed by atoms with Gasteiger partial charge in [0.2, 0.25) is 0 Å². The van der Waals surface area contributed by atoms with Gasteiger partial charge in [0, 0.05) is 44.1 Å². The van der Waals surface area contributed by atoms with Gasteiger partial charge < -0.3 is 9.80 Å². The van der Waals surface area contributed by atoms with E-state index in [2.05, 4.69) is 38.1 Å². The van der Waals surface area contributed by atoms with E-state index < -0.39 is 0 Å². The highest BCUT2D eigenvalue weighted by Gasteiger charge is 2.23. The van der Waals surface area contributed by atoms with E-state index >= 15 is 0 Å². The third-order valence-corrected chi connectivity index (χ3v) is 4.80. The number of anilines is 1. The first-order chi connectivity index (χ1) is 12.8. The largest absolute Gasteiger partial charge is 0.352 e. The molecule has 6 nitrogen and oxygen atoms in total. The van der Waals surface area contributed by atoms with Gasteiger partial charge in [-0.3, -0.25) is 10.1 Å². The fourth-order valence-corrected chi connectivity index (χ4v) is 3.32. The molecule has 1 saturated heterocycles. The highest BCUT2D eigenvalue weighted by atomic mass is 15.3. The first-order valence-electron chi connectivity index (χ1n) is 8.69. The quantitative estimate of drug-likeness (QED) is 0.791. The Balaban J connectivity index is 1.83. The molecule has 2 aromatic heterocycles. The summed E-state index contributed by atoms with van der Waals surface area (Å²) in [5.41, 5.74) is 4.66. The Hall–Kier alpha value is -3.17. The number of nitrogens with zero attached hydrogens (tertiary/aromatic N) is 5. The van der Waals surface area contributed by atoms with Crippen LogP contribution < -0.4 is 4.90 Å². The zero-order chi connectivity index (χ0) is 17.9. The van der Waals surface area contributed by atoms with E-state index in [9.17, 15) is 5.26 Å². The Labute approximate surface area is 152 Å². The summed E-state index contributed by atoms with van der Waals surface area (Å²) in [5.74, 6) is 0.960. The van der Waals surface area contributed by atoms with Gasteiger partial charge in [0.25, 0.3) is 0 Å². The lowest BCUT2D eigenvalue weighted by atomic mass is 10.00. The predicted molar refractivity (Wildman–Crippen MR) is 102 cm³/mol. The van der Waals surface area contributed by atoms with Gasteiger partial charge in [0.15, 0.2) is 5.82 Å². The van der Waals surface area contributed by atoms with Crippen LogP contribution in [0.25, 0.3) is 22.4 Å². The summed E-state index contributed by atoms with van der Waals surface area (Å²) in [7, 11) is 2.14. The number of rotatable bonds is 3. The second kappa shape index (κ2) is 6.98. The van der Waals surface area contributed by atoms with Gasteiger partial charge in [-0.15, -0.1) is 0 Å². The number of pyridine rings is 1. The molecular weight excluding hydrogens is 324 g/mol. The molecule has 6 heteroatoms. The lowest BCUT2D eigenvalue weighted by molar-refractivity contribution is 0.312. The van der Waals surface area contributed by atoms with Crippen molar-refractivity contribution >= 4 is 5.82 Å². The Morgan fingerprint density at radius 3 is 2.54 bits per heavy atom. The van der Waals surface area contributed by atoms with Gasteiger partial charge in [-0.05, 0) is 36.9 Å². The smallest absolute Gasteiger partial charge is 0.159 e. The van der Waals surface area contributed by atoms with E-state index in [0.717, 1.165) is 54.4 Å². The van der Waals surface area contributed by atoms with Crippen molar-refractivity contribution in [1.29, 1.82) is 5.26 Å². The fraction of sp³-hybridized carbons (Fsp3) is 0.250. The summed E-state index contributed by atoms with van der Waals surface area (Å²) in [6.07, 6.45) is 3.59. The molecule has 0 radical (unpaired) electrons. The number of hydrogen-bond acceptors (Lipinski definition) is 5. The van der Waals surface area contributed by atoms with Crippen molar-refractivity contribution in [3.63, 3.8) is 0 Å².